The summed E-state index contributed by atoms with van der Waals surface area (Å²) >= 11 is 0. The van der Waals surface area contributed by atoms with Crippen molar-refractivity contribution in [2.45, 2.75) is 44.9 Å². The molecule has 12 nitrogen and oxygen atoms in total. The highest BCUT2D eigenvalue weighted by Crippen LogP contribution is 2.23. The maximum absolute atomic E-state index is 10.3. The van der Waals surface area contributed by atoms with Crippen molar-refractivity contribution in [3.8, 4) is 5.75 Å². The molecule has 0 saturated carbocycles. The molecule has 2 aromatic rings. The lowest BCUT2D eigenvalue weighted by atomic mass is 9.96. The van der Waals surface area contributed by atoms with Crippen LogP contribution in [0.25, 0.3) is 0 Å². The third kappa shape index (κ3) is 9.20. The largest absolute Gasteiger partial charge is 0.497 e. The summed E-state index contributed by atoms with van der Waals surface area (Å²) in [5.41, 5.74) is 0.945. The molecule has 0 atom stereocenters. The first-order valence-electron chi connectivity index (χ1n) is 12.1. The first kappa shape index (κ1) is 30.3. The number of carboxylic acid groups (broad SMARTS) is 3. The average molecular weight is 533 g/mol. The van der Waals surface area contributed by atoms with Crippen molar-refractivity contribution in [3.63, 3.8) is 0 Å². The van der Waals surface area contributed by atoms with Crippen LogP contribution in [-0.2, 0) is 27.5 Å². The van der Waals surface area contributed by atoms with Crippen molar-refractivity contribution in [1.29, 1.82) is 0 Å². The molecule has 0 amide bonds. The van der Waals surface area contributed by atoms with Crippen LogP contribution in [0.3, 0.4) is 0 Å². The molecular weight excluding hydrogens is 496 g/mol. The molecule has 38 heavy (non-hydrogen) atoms. The van der Waals surface area contributed by atoms with Gasteiger partial charge in [-0.15, -0.1) is 6.58 Å². The van der Waals surface area contributed by atoms with Gasteiger partial charge in [-0.05, 0) is 25.5 Å². The minimum atomic E-state index is -2.74. The van der Waals surface area contributed by atoms with Gasteiger partial charge in [-0.25, -0.2) is 4.79 Å². The Morgan fingerprint density at radius 1 is 1.11 bits per heavy atom. The Balaban J connectivity index is 0.000000332. The number of aromatic nitrogens is 2. The summed E-state index contributed by atoms with van der Waals surface area (Å²) < 4.78 is 7.33. The molecule has 1 aliphatic rings. The molecule has 4 N–H and O–H groups in total. The molecule has 1 aliphatic heterocycles. The number of carboxylic acids is 3. The van der Waals surface area contributed by atoms with Gasteiger partial charge in [0.05, 0.1) is 32.2 Å². The fourth-order valence-electron chi connectivity index (χ4n) is 4.09. The van der Waals surface area contributed by atoms with E-state index in [4.69, 9.17) is 25.2 Å². The van der Waals surface area contributed by atoms with Crippen molar-refractivity contribution in [1.82, 2.24) is 14.7 Å². The van der Waals surface area contributed by atoms with Gasteiger partial charge in [-0.3, -0.25) is 19.2 Å². The van der Waals surface area contributed by atoms with E-state index < -0.39 is 36.4 Å². The summed E-state index contributed by atoms with van der Waals surface area (Å²) in [7, 11) is 1.72. The lowest BCUT2D eigenvalue weighted by Gasteiger charge is -2.24. The van der Waals surface area contributed by atoms with E-state index in [9.17, 15) is 14.4 Å². The van der Waals surface area contributed by atoms with Gasteiger partial charge in [0, 0.05) is 56.2 Å². The van der Waals surface area contributed by atoms with Crippen LogP contribution in [0, 0.1) is 6.92 Å². The highest BCUT2D eigenvalue weighted by atomic mass is 16.5. The second-order valence-electron chi connectivity index (χ2n) is 9.05. The van der Waals surface area contributed by atoms with Gasteiger partial charge in [0.25, 0.3) is 0 Å². The van der Waals surface area contributed by atoms with E-state index in [1.807, 2.05) is 16.8 Å². The zero-order chi connectivity index (χ0) is 28.3. The lowest BCUT2D eigenvalue weighted by Crippen LogP contribution is -2.42. The number of hydrogen-bond acceptors (Lipinski definition) is 8. The van der Waals surface area contributed by atoms with Crippen LogP contribution in [0.1, 0.15) is 30.5 Å². The van der Waals surface area contributed by atoms with Gasteiger partial charge in [0.1, 0.15) is 5.75 Å². The Hall–Kier alpha value is -3.90. The molecule has 0 bridgehead atoms. The van der Waals surface area contributed by atoms with Crippen LogP contribution < -0.4 is 9.64 Å². The van der Waals surface area contributed by atoms with Gasteiger partial charge in [0.15, 0.2) is 5.60 Å². The number of methoxy groups -OCH3 is 1. The van der Waals surface area contributed by atoms with E-state index in [1.54, 1.807) is 7.11 Å². The van der Waals surface area contributed by atoms with Gasteiger partial charge in [-0.1, -0.05) is 12.1 Å². The summed E-state index contributed by atoms with van der Waals surface area (Å²) in [5, 5.41) is 38.4. The number of anilines is 1. The molecule has 1 aromatic heterocycles. The number of aliphatic hydroxyl groups is 1. The van der Waals surface area contributed by atoms with E-state index in [0.717, 1.165) is 57.1 Å². The first-order valence-corrected chi connectivity index (χ1v) is 12.1. The molecule has 1 fully saturated rings. The minimum Gasteiger partial charge on any atom is -0.497 e. The van der Waals surface area contributed by atoms with E-state index in [1.165, 1.54) is 11.3 Å². The monoisotopic (exact) mass is 532 g/mol. The van der Waals surface area contributed by atoms with Crippen molar-refractivity contribution >= 4 is 23.6 Å². The zero-order valence-electron chi connectivity index (χ0n) is 21.7. The van der Waals surface area contributed by atoms with Crippen LogP contribution in [0.15, 0.2) is 43.1 Å². The average Bonchev–Trinajstić information content (AvgIpc) is 3.03. The predicted octanol–water partition coefficient (Wildman–Crippen LogP) is 1.85. The Morgan fingerprint density at radius 2 is 1.79 bits per heavy atom. The topological polar surface area (TPSA) is 166 Å². The van der Waals surface area contributed by atoms with E-state index in [2.05, 4.69) is 52.8 Å². The Morgan fingerprint density at radius 3 is 2.37 bits per heavy atom. The number of nitrogens with zero attached hydrogens (tertiary/aromatic N) is 4. The molecule has 0 radical (unpaired) electrons. The van der Waals surface area contributed by atoms with Crippen LogP contribution >= 0.6 is 0 Å². The highest BCUT2D eigenvalue weighted by molar-refractivity contribution is 5.88. The molecule has 2 heterocycles. The van der Waals surface area contributed by atoms with Crippen molar-refractivity contribution in [3.05, 3.63) is 54.4 Å². The Bertz CT molecular complexity index is 1100. The van der Waals surface area contributed by atoms with Crippen LogP contribution in [0.5, 0.6) is 5.75 Å². The second-order valence-corrected chi connectivity index (χ2v) is 9.05. The summed E-state index contributed by atoms with van der Waals surface area (Å²) in [6.45, 7) is 11.9. The first-order chi connectivity index (χ1) is 18.0. The van der Waals surface area contributed by atoms with Crippen molar-refractivity contribution < 1.29 is 39.5 Å². The smallest absolute Gasteiger partial charge is 0.336 e. The summed E-state index contributed by atoms with van der Waals surface area (Å²) in [5.74, 6) is -4.10. The summed E-state index contributed by atoms with van der Waals surface area (Å²) in [6.07, 6.45) is 2.91. The molecule has 1 saturated heterocycles. The number of aryl methyl sites for hydroxylation is 1. The number of allylic oxidation sites excluding steroid dienone is 1. The molecule has 208 valence electrons. The maximum atomic E-state index is 10.3. The Labute approximate surface area is 221 Å². The van der Waals surface area contributed by atoms with Crippen molar-refractivity contribution in [2.24, 2.45) is 0 Å². The fourth-order valence-corrected chi connectivity index (χ4v) is 4.09. The standard InChI is InChI=1S/C20H28N4O.C6H8O7/c1-4-9-24-16-18(17(2)21-24)15-22-10-6-11-23(13-12-22)19-7-5-8-20(14-19)25-3;7-3(8)1-6(13,5(11)12)2-4(9)10/h4-5,7-8,14,16H,1,6,9-13,15H2,2-3H3;13H,1-2H2,(H,7,8)(H,9,10)(H,11,12). The molecule has 3 rings (SSSR count). The molecule has 12 heteroatoms. The normalized spacial score (nSPS) is 14.1. The molecular formula is C26H36N4O8. The minimum absolute atomic E-state index is 0.768. The number of carbonyl (C=O) groups is 3. The van der Waals surface area contributed by atoms with Gasteiger partial charge < -0.3 is 30.1 Å². The summed E-state index contributed by atoms with van der Waals surface area (Å²) in [6, 6.07) is 8.35. The van der Waals surface area contributed by atoms with E-state index in [-0.39, 0.29) is 0 Å². The lowest BCUT2D eigenvalue weighted by molar-refractivity contribution is -0.170. The quantitative estimate of drug-likeness (QED) is 0.312. The number of rotatable bonds is 11. The maximum Gasteiger partial charge on any atom is 0.336 e. The Kier molecular flexibility index (Phi) is 11.3. The molecule has 0 unspecified atom stereocenters. The third-order valence-electron chi connectivity index (χ3n) is 6.05. The van der Waals surface area contributed by atoms with Gasteiger partial charge in [-0.2, -0.15) is 5.10 Å². The van der Waals surface area contributed by atoms with Crippen LogP contribution in [0.2, 0.25) is 0 Å². The van der Waals surface area contributed by atoms with E-state index in [0.29, 0.717) is 0 Å². The number of hydrogen-bond donors (Lipinski definition) is 4. The van der Waals surface area contributed by atoms with Crippen molar-refractivity contribution in [2.75, 3.05) is 38.2 Å². The number of benzene rings is 1. The second kappa shape index (κ2) is 14.1. The van der Waals surface area contributed by atoms with Crippen LogP contribution in [0.4, 0.5) is 5.69 Å². The highest BCUT2D eigenvalue weighted by Gasteiger charge is 2.40. The third-order valence-corrected chi connectivity index (χ3v) is 6.05. The fraction of sp³-hybridized carbons (Fsp3) is 0.462. The molecule has 0 spiro atoms. The zero-order valence-corrected chi connectivity index (χ0v) is 21.7. The molecule has 1 aromatic carbocycles. The summed E-state index contributed by atoms with van der Waals surface area (Å²) in [4.78, 5) is 35.5. The number of ether oxygens (including phenoxy) is 1. The molecule has 0 aliphatic carbocycles. The number of aliphatic carboxylic acids is 3. The van der Waals surface area contributed by atoms with Gasteiger partial charge >= 0.3 is 17.9 Å². The predicted molar refractivity (Wildman–Crippen MR) is 139 cm³/mol. The van der Waals surface area contributed by atoms with Gasteiger partial charge in [0.2, 0.25) is 0 Å². The van der Waals surface area contributed by atoms with E-state index >= 15 is 0 Å². The van der Waals surface area contributed by atoms with Crippen LogP contribution in [-0.4, -0.2) is 91.9 Å². The SMILES string of the molecule is C=CCn1cc(CN2CCCN(c3cccc(OC)c3)CC2)c(C)n1.O=C(O)CC(O)(CC(=O)O)C(=O)O.